The van der Waals surface area contributed by atoms with Crippen LogP contribution in [0.4, 0.5) is 0 Å². The summed E-state index contributed by atoms with van der Waals surface area (Å²) >= 11 is 5.41. The molecule has 0 atom stereocenters. The van der Waals surface area contributed by atoms with Gasteiger partial charge in [0.15, 0.2) is 0 Å². The van der Waals surface area contributed by atoms with E-state index < -0.39 is 10.0 Å². The van der Waals surface area contributed by atoms with Crippen LogP contribution in [0.15, 0.2) is 0 Å². The molecule has 0 aliphatic rings. The maximum Gasteiger partial charge on any atom is 0.220 e. The van der Waals surface area contributed by atoms with Gasteiger partial charge in [0.2, 0.25) is 15.9 Å². The Balaban J connectivity index is 3.75. The molecule has 0 aromatic heterocycles. The first-order valence-corrected chi connectivity index (χ1v) is 6.77. The number of amides is 1. The first kappa shape index (κ1) is 14.7. The van der Waals surface area contributed by atoms with Gasteiger partial charge in [0.1, 0.15) is 0 Å². The largest absolute Gasteiger partial charge is 0.355 e. The van der Waals surface area contributed by atoms with Crippen LogP contribution < -0.4 is 5.32 Å². The van der Waals surface area contributed by atoms with Gasteiger partial charge in [-0.25, -0.2) is 12.7 Å². The van der Waals surface area contributed by atoms with E-state index in [1.165, 1.54) is 14.1 Å². The van der Waals surface area contributed by atoms with E-state index in [1.807, 2.05) is 0 Å². The fourth-order valence-corrected chi connectivity index (χ4v) is 1.68. The molecular formula is C8H17ClN2O3S. The van der Waals surface area contributed by atoms with Crippen LogP contribution in [0.1, 0.15) is 12.8 Å². The van der Waals surface area contributed by atoms with Gasteiger partial charge in [0.05, 0.1) is 5.75 Å². The lowest BCUT2D eigenvalue weighted by Gasteiger charge is -2.11. The lowest BCUT2D eigenvalue weighted by molar-refractivity contribution is -0.120. The van der Waals surface area contributed by atoms with Crippen molar-refractivity contribution in [1.29, 1.82) is 0 Å². The van der Waals surface area contributed by atoms with Crippen molar-refractivity contribution in [3.63, 3.8) is 0 Å². The molecule has 0 aliphatic heterocycles. The zero-order chi connectivity index (χ0) is 11.9. The molecule has 0 aliphatic carbocycles. The number of carbonyl (C=O) groups is 1. The van der Waals surface area contributed by atoms with Crippen LogP contribution in [0.25, 0.3) is 0 Å². The van der Waals surface area contributed by atoms with Crippen molar-refractivity contribution >= 4 is 27.5 Å². The second kappa shape index (κ2) is 7.03. The molecule has 0 rings (SSSR count). The molecule has 90 valence electrons. The highest BCUT2D eigenvalue weighted by molar-refractivity contribution is 7.89. The van der Waals surface area contributed by atoms with Crippen molar-refractivity contribution < 1.29 is 13.2 Å². The van der Waals surface area contributed by atoms with Crippen molar-refractivity contribution in [2.24, 2.45) is 0 Å². The van der Waals surface area contributed by atoms with Crippen LogP contribution in [0.5, 0.6) is 0 Å². The van der Waals surface area contributed by atoms with Gasteiger partial charge in [0, 0.05) is 32.9 Å². The standard InChI is InChI=1S/C8H17ClN2O3S/c1-11(2)15(13,14)7-6-10-8(12)4-3-5-9/h3-7H2,1-2H3,(H,10,12). The molecule has 0 aromatic rings. The first-order chi connectivity index (χ1) is 6.90. The number of halogens is 1. The summed E-state index contributed by atoms with van der Waals surface area (Å²) in [5.74, 6) is 0.195. The van der Waals surface area contributed by atoms with Crippen molar-refractivity contribution in [2.75, 3.05) is 32.3 Å². The molecular weight excluding hydrogens is 240 g/mol. The molecule has 0 spiro atoms. The summed E-state index contributed by atoms with van der Waals surface area (Å²) in [4.78, 5) is 11.1. The highest BCUT2D eigenvalue weighted by atomic mass is 35.5. The molecule has 0 bridgehead atoms. The number of alkyl halides is 1. The quantitative estimate of drug-likeness (QED) is 0.653. The van der Waals surface area contributed by atoms with Crippen molar-refractivity contribution in [1.82, 2.24) is 9.62 Å². The van der Waals surface area contributed by atoms with Crippen molar-refractivity contribution in [3.05, 3.63) is 0 Å². The number of sulfonamides is 1. The Morgan fingerprint density at radius 2 is 2.00 bits per heavy atom. The molecule has 1 amide bonds. The van der Waals surface area contributed by atoms with Crippen molar-refractivity contribution in [2.45, 2.75) is 12.8 Å². The second-order valence-corrected chi connectivity index (χ2v) is 5.92. The summed E-state index contributed by atoms with van der Waals surface area (Å²) in [6, 6.07) is 0. The SMILES string of the molecule is CN(C)S(=O)(=O)CCNC(=O)CCCCl. The lowest BCUT2D eigenvalue weighted by Crippen LogP contribution is -2.33. The number of hydrogen-bond acceptors (Lipinski definition) is 3. The smallest absolute Gasteiger partial charge is 0.220 e. The summed E-state index contributed by atoms with van der Waals surface area (Å²) in [6.07, 6.45) is 0.944. The number of nitrogens with one attached hydrogen (secondary N) is 1. The third kappa shape index (κ3) is 6.70. The molecule has 0 unspecified atom stereocenters. The Hall–Kier alpha value is -0.330. The predicted octanol–water partition coefficient (Wildman–Crippen LogP) is 0.0130. The molecule has 0 heterocycles. The van der Waals surface area contributed by atoms with Crippen LogP contribution >= 0.6 is 11.6 Å². The minimum absolute atomic E-state index is 0.0768. The Kier molecular flexibility index (Phi) is 6.87. The van der Waals surface area contributed by atoms with E-state index in [1.54, 1.807) is 0 Å². The first-order valence-electron chi connectivity index (χ1n) is 4.63. The Morgan fingerprint density at radius 1 is 1.40 bits per heavy atom. The minimum atomic E-state index is -3.22. The summed E-state index contributed by atoms with van der Waals surface area (Å²) in [7, 11) is -0.296. The van der Waals surface area contributed by atoms with E-state index >= 15 is 0 Å². The van der Waals surface area contributed by atoms with E-state index in [4.69, 9.17) is 11.6 Å². The number of hydrogen-bond donors (Lipinski definition) is 1. The average molecular weight is 257 g/mol. The van der Waals surface area contributed by atoms with Gasteiger partial charge in [-0.2, -0.15) is 0 Å². The van der Waals surface area contributed by atoms with Gasteiger partial charge in [0.25, 0.3) is 0 Å². The lowest BCUT2D eigenvalue weighted by atomic mass is 10.3. The van der Waals surface area contributed by atoms with E-state index in [9.17, 15) is 13.2 Å². The topological polar surface area (TPSA) is 66.5 Å². The molecule has 0 fully saturated rings. The highest BCUT2D eigenvalue weighted by Crippen LogP contribution is 1.94. The highest BCUT2D eigenvalue weighted by Gasteiger charge is 2.13. The fraction of sp³-hybridized carbons (Fsp3) is 0.875. The van der Waals surface area contributed by atoms with Crippen LogP contribution in [-0.2, 0) is 14.8 Å². The van der Waals surface area contributed by atoms with E-state index in [2.05, 4.69) is 5.32 Å². The zero-order valence-corrected chi connectivity index (χ0v) is 10.6. The summed E-state index contributed by atoms with van der Waals surface area (Å²) in [5, 5.41) is 2.53. The van der Waals surface area contributed by atoms with Gasteiger partial charge in [-0.05, 0) is 6.42 Å². The monoisotopic (exact) mass is 256 g/mol. The van der Waals surface area contributed by atoms with Crippen LogP contribution in [-0.4, -0.2) is 50.9 Å². The van der Waals surface area contributed by atoms with Crippen LogP contribution in [0.2, 0.25) is 0 Å². The van der Waals surface area contributed by atoms with Gasteiger partial charge in [-0.3, -0.25) is 4.79 Å². The normalized spacial score (nSPS) is 11.7. The molecule has 15 heavy (non-hydrogen) atoms. The Bertz CT molecular complexity index is 290. The molecule has 7 heteroatoms. The molecule has 0 saturated carbocycles. The van der Waals surface area contributed by atoms with Crippen LogP contribution in [0.3, 0.4) is 0 Å². The number of carbonyl (C=O) groups excluding carboxylic acids is 1. The molecule has 0 aromatic carbocycles. The van der Waals surface area contributed by atoms with Gasteiger partial charge in [-0.15, -0.1) is 11.6 Å². The predicted molar refractivity (Wildman–Crippen MR) is 60.4 cm³/mol. The molecule has 1 N–H and O–H groups in total. The zero-order valence-electron chi connectivity index (χ0n) is 8.99. The summed E-state index contributed by atoms with van der Waals surface area (Å²) < 4.78 is 23.7. The van der Waals surface area contributed by atoms with E-state index in [-0.39, 0.29) is 18.2 Å². The summed E-state index contributed by atoms with van der Waals surface area (Å²) in [6.45, 7) is 0.141. The van der Waals surface area contributed by atoms with E-state index in [0.29, 0.717) is 18.7 Å². The second-order valence-electron chi connectivity index (χ2n) is 3.24. The fourth-order valence-electron chi connectivity index (χ4n) is 0.818. The van der Waals surface area contributed by atoms with Crippen LogP contribution in [0, 0.1) is 0 Å². The minimum Gasteiger partial charge on any atom is -0.355 e. The Morgan fingerprint density at radius 3 is 2.47 bits per heavy atom. The van der Waals surface area contributed by atoms with E-state index in [0.717, 1.165) is 4.31 Å². The third-order valence-electron chi connectivity index (χ3n) is 1.78. The maximum absolute atomic E-state index is 11.3. The molecule has 0 radical (unpaired) electrons. The summed E-state index contributed by atoms with van der Waals surface area (Å²) in [5.41, 5.74) is 0. The van der Waals surface area contributed by atoms with Crippen molar-refractivity contribution in [3.8, 4) is 0 Å². The third-order valence-corrected chi connectivity index (χ3v) is 3.88. The number of nitrogens with zero attached hydrogens (tertiary/aromatic N) is 1. The molecule has 5 nitrogen and oxygen atoms in total. The van der Waals surface area contributed by atoms with Gasteiger partial charge in [-0.1, -0.05) is 0 Å². The molecule has 0 saturated heterocycles. The Labute approximate surface area is 95.8 Å². The average Bonchev–Trinajstić information content (AvgIpc) is 2.14. The van der Waals surface area contributed by atoms with Gasteiger partial charge >= 0.3 is 0 Å². The number of rotatable bonds is 7. The maximum atomic E-state index is 11.3. The van der Waals surface area contributed by atoms with Gasteiger partial charge < -0.3 is 5.32 Å².